The van der Waals surface area contributed by atoms with Crippen LogP contribution in [-0.2, 0) is 6.54 Å². The lowest BCUT2D eigenvalue weighted by molar-refractivity contribution is 0.232. The Kier molecular flexibility index (Phi) is 9.46. The van der Waals surface area contributed by atoms with E-state index in [2.05, 4.69) is 26.9 Å². The van der Waals surface area contributed by atoms with Gasteiger partial charge in [0.2, 0.25) is 5.88 Å². The van der Waals surface area contributed by atoms with Crippen molar-refractivity contribution in [1.82, 2.24) is 15.6 Å². The zero-order valence-corrected chi connectivity index (χ0v) is 14.9. The molecule has 0 bridgehead atoms. The van der Waals surface area contributed by atoms with Crippen molar-refractivity contribution in [2.45, 2.75) is 39.3 Å². The van der Waals surface area contributed by atoms with Crippen LogP contribution in [0.4, 0.5) is 0 Å². The highest BCUT2D eigenvalue weighted by Gasteiger charge is 2.01. The summed E-state index contributed by atoms with van der Waals surface area (Å²) in [4.78, 5) is 8.52. The van der Waals surface area contributed by atoms with Gasteiger partial charge in [-0.2, -0.15) is 11.8 Å². The lowest BCUT2D eigenvalue weighted by Crippen LogP contribution is -2.37. The quantitative estimate of drug-likeness (QED) is 0.415. The summed E-state index contributed by atoms with van der Waals surface area (Å²) in [5.74, 6) is 2.70. The smallest absolute Gasteiger partial charge is 0.213 e. The number of aromatic nitrogens is 1. The molecule has 0 aliphatic carbocycles. The second-order valence-electron chi connectivity index (χ2n) is 5.22. The third-order valence-corrected chi connectivity index (χ3v) is 3.60. The van der Waals surface area contributed by atoms with E-state index in [0.717, 1.165) is 24.5 Å². The molecule has 0 spiro atoms. The van der Waals surface area contributed by atoms with Gasteiger partial charge in [0.25, 0.3) is 0 Å². The largest absolute Gasteiger partial charge is 0.475 e. The summed E-state index contributed by atoms with van der Waals surface area (Å²) in [7, 11) is 1.79. The summed E-state index contributed by atoms with van der Waals surface area (Å²) in [5.41, 5.74) is 1.10. The number of ether oxygens (including phenoxy) is 1. The Morgan fingerprint density at radius 2 is 2.14 bits per heavy atom. The van der Waals surface area contributed by atoms with Crippen molar-refractivity contribution in [1.29, 1.82) is 0 Å². The van der Waals surface area contributed by atoms with E-state index < -0.39 is 0 Å². The Bertz CT molecular complexity index is 434. The number of thioether (sulfide) groups is 1. The molecular weight excluding hydrogens is 296 g/mol. The molecule has 5 nitrogen and oxygen atoms in total. The highest BCUT2D eigenvalue weighted by Crippen LogP contribution is 2.09. The molecule has 0 saturated heterocycles. The van der Waals surface area contributed by atoms with Crippen LogP contribution in [0.25, 0.3) is 0 Å². The van der Waals surface area contributed by atoms with Gasteiger partial charge in [0.05, 0.1) is 6.10 Å². The second kappa shape index (κ2) is 11.2. The molecular formula is C16H28N4OS. The van der Waals surface area contributed by atoms with Crippen LogP contribution in [0, 0.1) is 0 Å². The lowest BCUT2D eigenvalue weighted by Gasteiger charge is -2.12. The average molecular weight is 324 g/mol. The molecule has 0 aliphatic heterocycles. The molecule has 1 heterocycles. The number of unbranched alkanes of at least 4 members (excludes halogenated alkanes) is 1. The van der Waals surface area contributed by atoms with E-state index in [9.17, 15) is 0 Å². The summed E-state index contributed by atoms with van der Waals surface area (Å²) in [6, 6.07) is 3.92. The van der Waals surface area contributed by atoms with Crippen LogP contribution in [0.5, 0.6) is 5.88 Å². The fourth-order valence-corrected chi connectivity index (χ4v) is 2.30. The van der Waals surface area contributed by atoms with Crippen molar-refractivity contribution in [2.75, 3.05) is 25.6 Å². The van der Waals surface area contributed by atoms with Crippen molar-refractivity contribution < 1.29 is 4.74 Å². The SMILES string of the molecule is CN=C(NCCCCSC)NCc1ccc(OC(C)C)nc1. The summed E-state index contributed by atoms with van der Waals surface area (Å²) >= 11 is 1.89. The van der Waals surface area contributed by atoms with Crippen molar-refractivity contribution in [3.8, 4) is 5.88 Å². The van der Waals surface area contributed by atoms with Crippen molar-refractivity contribution in [2.24, 2.45) is 4.99 Å². The van der Waals surface area contributed by atoms with Crippen LogP contribution in [0.15, 0.2) is 23.3 Å². The summed E-state index contributed by atoms with van der Waals surface area (Å²) in [6.07, 6.45) is 6.50. The van der Waals surface area contributed by atoms with Gasteiger partial charge in [0.15, 0.2) is 5.96 Å². The van der Waals surface area contributed by atoms with Gasteiger partial charge < -0.3 is 15.4 Å². The van der Waals surface area contributed by atoms with Crippen molar-refractivity contribution in [3.05, 3.63) is 23.9 Å². The Morgan fingerprint density at radius 3 is 2.73 bits per heavy atom. The van der Waals surface area contributed by atoms with Gasteiger partial charge in [-0.15, -0.1) is 0 Å². The number of rotatable bonds is 9. The maximum Gasteiger partial charge on any atom is 0.213 e. The molecule has 6 heteroatoms. The van der Waals surface area contributed by atoms with E-state index in [1.54, 1.807) is 7.05 Å². The van der Waals surface area contributed by atoms with Crippen LogP contribution in [-0.4, -0.2) is 42.6 Å². The second-order valence-corrected chi connectivity index (χ2v) is 6.21. The fourth-order valence-electron chi connectivity index (χ4n) is 1.81. The minimum Gasteiger partial charge on any atom is -0.475 e. The van der Waals surface area contributed by atoms with Gasteiger partial charge in [-0.3, -0.25) is 4.99 Å². The molecule has 0 fully saturated rings. The molecule has 0 unspecified atom stereocenters. The highest BCUT2D eigenvalue weighted by molar-refractivity contribution is 7.98. The zero-order valence-electron chi connectivity index (χ0n) is 14.1. The topological polar surface area (TPSA) is 58.5 Å². The first-order valence-corrected chi connectivity index (χ1v) is 9.10. The van der Waals surface area contributed by atoms with Crippen LogP contribution in [0.3, 0.4) is 0 Å². The van der Waals surface area contributed by atoms with Gasteiger partial charge in [-0.25, -0.2) is 4.98 Å². The number of nitrogens with zero attached hydrogens (tertiary/aromatic N) is 2. The number of aliphatic imine (C=N–C) groups is 1. The Labute approximate surface area is 138 Å². The molecule has 22 heavy (non-hydrogen) atoms. The highest BCUT2D eigenvalue weighted by atomic mass is 32.2. The summed E-state index contributed by atoms with van der Waals surface area (Å²) in [6.45, 7) is 5.62. The Balaban J connectivity index is 2.30. The normalized spacial score (nSPS) is 11.6. The van der Waals surface area contributed by atoms with Crippen molar-refractivity contribution in [3.63, 3.8) is 0 Å². The molecule has 0 saturated carbocycles. The molecule has 0 amide bonds. The number of hydrogen-bond acceptors (Lipinski definition) is 4. The number of guanidine groups is 1. The van der Waals surface area contributed by atoms with Crippen LogP contribution in [0.1, 0.15) is 32.3 Å². The monoisotopic (exact) mass is 324 g/mol. The standard InChI is InChI=1S/C16H28N4OS/c1-13(2)21-15-8-7-14(11-19-15)12-20-16(17-3)18-9-5-6-10-22-4/h7-8,11,13H,5-6,9-10,12H2,1-4H3,(H2,17,18,20). The van der Waals surface area contributed by atoms with Crippen LogP contribution in [0.2, 0.25) is 0 Å². The Hall–Kier alpha value is -1.43. The Morgan fingerprint density at radius 1 is 1.32 bits per heavy atom. The van der Waals surface area contributed by atoms with Crippen LogP contribution >= 0.6 is 11.8 Å². The molecule has 1 aromatic rings. The number of pyridine rings is 1. The van der Waals surface area contributed by atoms with Crippen LogP contribution < -0.4 is 15.4 Å². The number of nitrogens with one attached hydrogen (secondary N) is 2. The van der Waals surface area contributed by atoms with Gasteiger partial charge in [0.1, 0.15) is 0 Å². The third kappa shape index (κ3) is 8.12. The van der Waals surface area contributed by atoms with Gasteiger partial charge >= 0.3 is 0 Å². The molecule has 0 aromatic carbocycles. The van der Waals surface area contributed by atoms with E-state index in [4.69, 9.17) is 4.74 Å². The van der Waals surface area contributed by atoms with E-state index in [1.807, 2.05) is 43.9 Å². The summed E-state index contributed by atoms with van der Waals surface area (Å²) in [5, 5.41) is 6.61. The predicted molar refractivity (Wildman–Crippen MR) is 95.8 cm³/mol. The lowest BCUT2D eigenvalue weighted by atomic mass is 10.3. The van der Waals surface area contributed by atoms with Gasteiger partial charge in [-0.05, 0) is 44.3 Å². The van der Waals surface area contributed by atoms with E-state index in [0.29, 0.717) is 12.4 Å². The maximum atomic E-state index is 5.53. The minimum atomic E-state index is 0.144. The average Bonchev–Trinajstić information content (AvgIpc) is 2.51. The van der Waals surface area contributed by atoms with E-state index >= 15 is 0 Å². The molecule has 2 N–H and O–H groups in total. The van der Waals surface area contributed by atoms with Gasteiger partial charge in [-0.1, -0.05) is 6.07 Å². The first-order chi connectivity index (χ1) is 10.7. The van der Waals surface area contributed by atoms with E-state index in [-0.39, 0.29) is 6.10 Å². The molecule has 1 rings (SSSR count). The minimum absolute atomic E-state index is 0.144. The first-order valence-electron chi connectivity index (χ1n) is 7.70. The molecule has 1 aromatic heterocycles. The first kappa shape index (κ1) is 18.6. The van der Waals surface area contributed by atoms with Gasteiger partial charge in [0, 0.05) is 32.4 Å². The zero-order chi connectivity index (χ0) is 16.2. The molecule has 0 radical (unpaired) electrons. The van der Waals surface area contributed by atoms with Crippen molar-refractivity contribution >= 4 is 17.7 Å². The molecule has 0 aliphatic rings. The third-order valence-electron chi connectivity index (χ3n) is 2.91. The number of hydrogen-bond donors (Lipinski definition) is 2. The maximum absolute atomic E-state index is 5.53. The molecule has 0 atom stereocenters. The fraction of sp³-hybridized carbons (Fsp3) is 0.625. The molecule has 124 valence electrons. The predicted octanol–water partition coefficient (Wildman–Crippen LogP) is 2.68. The van der Waals surface area contributed by atoms with E-state index in [1.165, 1.54) is 12.2 Å². The summed E-state index contributed by atoms with van der Waals surface area (Å²) < 4.78 is 5.53.